The molecule has 1 aromatic heterocycles. The summed E-state index contributed by atoms with van der Waals surface area (Å²) in [5.74, 6) is 1.86. The largest absolute Gasteiger partial charge is 0.508 e. The first-order valence-electron chi connectivity index (χ1n) is 9.47. The SMILES string of the molecule is CCc1cc2c(COC(=O)C[C@@H]3C[C@@H]4CC[C@@H]3C4)cc(=O)oc2cc1O. The van der Waals surface area contributed by atoms with E-state index in [0.29, 0.717) is 41.2 Å². The normalized spacial score (nSPS) is 24.3. The molecule has 0 amide bonds. The average Bonchev–Trinajstić information content (AvgIpc) is 3.22. The first kappa shape index (κ1) is 17.1. The number of carbonyl (C=O) groups excluding carboxylic acids is 1. The lowest BCUT2D eigenvalue weighted by atomic mass is 9.86. The summed E-state index contributed by atoms with van der Waals surface area (Å²) in [5, 5.41) is 10.7. The summed E-state index contributed by atoms with van der Waals surface area (Å²) in [6.07, 6.45) is 6.11. The zero-order valence-corrected chi connectivity index (χ0v) is 15.0. The van der Waals surface area contributed by atoms with Crippen LogP contribution in [0.1, 0.15) is 50.2 Å². The number of benzene rings is 1. The molecule has 3 atom stereocenters. The molecule has 2 bridgehead atoms. The van der Waals surface area contributed by atoms with E-state index in [4.69, 9.17) is 9.15 Å². The molecule has 0 radical (unpaired) electrons. The molecule has 4 rings (SSSR count). The van der Waals surface area contributed by atoms with Gasteiger partial charge in [0.25, 0.3) is 0 Å². The average molecular weight is 356 g/mol. The van der Waals surface area contributed by atoms with E-state index in [-0.39, 0.29) is 18.3 Å². The van der Waals surface area contributed by atoms with Crippen molar-refractivity contribution in [3.63, 3.8) is 0 Å². The smallest absolute Gasteiger partial charge is 0.336 e. The number of phenols is 1. The van der Waals surface area contributed by atoms with Crippen LogP contribution >= 0.6 is 0 Å². The number of aromatic hydroxyl groups is 1. The lowest BCUT2D eigenvalue weighted by Gasteiger charge is -2.20. The van der Waals surface area contributed by atoms with Gasteiger partial charge in [0.05, 0.1) is 0 Å². The van der Waals surface area contributed by atoms with Crippen LogP contribution in [-0.2, 0) is 22.6 Å². The van der Waals surface area contributed by atoms with Crippen molar-refractivity contribution in [3.8, 4) is 5.75 Å². The monoisotopic (exact) mass is 356 g/mol. The predicted octanol–water partition coefficient (Wildman–Crippen LogP) is 3.93. The van der Waals surface area contributed by atoms with Gasteiger partial charge in [-0.05, 0) is 55.1 Å². The summed E-state index contributed by atoms with van der Waals surface area (Å²) < 4.78 is 10.7. The van der Waals surface area contributed by atoms with E-state index in [1.807, 2.05) is 6.92 Å². The molecule has 5 nitrogen and oxygen atoms in total. The highest BCUT2D eigenvalue weighted by atomic mass is 16.5. The maximum atomic E-state index is 12.3. The van der Waals surface area contributed by atoms with Crippen molar-refractivity contribution in [1.29, 1.82) is 0 Å². The zero-order valence-electron chi connectivity index (χ0n) is 15.0. The van der Waals surface area contributed by atoms with E-state index >= 15 is 0 Å². The molecule has 2 aromatic rings. The van der Waals surface area contributed by atoms with Crippen molar-refractivity contribution < 1.29 is 19.1 Å². The Morgan fingerprint density at radius 1 is 1.23 bits per heavy atom. The molecule has 2 fully saturated rings. The fraction of sp³-hybridized carbons (Fsp3) is 0.524. The van der Waals surface area contributed by atoms with Gasteiger partial charge in [-0.1, -0.05) is 13.3 Å². The Balaban J connectivity index is 1.49. The van der Waals surface area contributed by atoms with Crippen LogP contribution in [0.4, 0.5) is 0 Å². The van der Waals surface area contributed by atoms with Gasteiger partial charge >= 0.3 is 11.6 Å². The highest BCUT2D eigenvalue weighted by molar-refractivity contribution is 5.83. The van der Waals surface area contributed by atoms with Crippen LogP contribution in [0.5, 0.6) is 5.75 Å². The van der Waals surface area contributed by atoms with E-state index < -0.39 is 5.63 Å². The molecule has 1 heterocycles. The van der Waals surface area contributed by atoms with Gasteiger partial charge in [0.15, 0.2) is 0 Å². The molecule has 0 spiro atoms. The molecule has 1 N–H and O–H groups in total. The van der Waals surface area contributed by atoms with E-state index in [2.05, 4.69) is 0 Å². The van der Waals surface area contributed by atoms with Crippen molar-refractivity contribution in [2.45, 2.75) is 52.1 Å². The quantitative estimate of drug-likeness (QED) is 0.649. The molecule has 0 saturated heterocycles. The van der Waals surface area contributed by atoms with Crippen molar-refractivity contribution in [1.82, 2.24) is 0 Å². The van der Waals surface area contributed by atoms with Gasteiger partial charge in [-0.25, -0.2) is 4.79 Å². The number of ether oxygens (including phenoxy) is 1. The van der Waals surface area contributed by atoms with E-state index in [9.17, 15) is 14.7 Å². The van der Waals surface area contributed by atoms with E-state index in [1.54, 1.807) is 6.07 Å². The number of hydrogen-bond acceptors (Lipinski definition) is 5. The molecule has 2 saturated carbocycles. The van der Waals surface area contributed by atoms with Gasteiger partial charge in [-0.2, -0.15) is 0 Å². The first-order valence-corrected chi connectivity index (χ1v) is 9.47. The Morgan fingerprint density at radius 2 is 2.08 bits per heavy atom. The second kappa shape index (κ2) is 6.78. The molecule has 2 aliphatic rings. The van der Waals surface area contributed by atoms with Gasteiger partial charge in [0.2, 0.25) is 0 Å². The van der Waals surface area contributed by atoms with Crippen LogP contribution in [0.25, 0.3) is 11.0 Å². The number of rotatable bonds is 5. The summed E-state index contributed by atoms with van der Waals surface area (Å²) in [6.45, 7) is 1.99. The molecular formula is C21H24O5. The molecule has 0 aliphatic heterocycles. The Labute approximate surface area is 152 Å². The second-order valence-corrected chi connectivity index (χ2v) is 7.72. The van der Waals surface area contributed by atoms with Gasteiger partial charge < -0.3 is 14.3 Å². The lowest BCUT2D eigenvalue weighted by Crippen LogP contribution is -2.17. The summed E-state index contributed by atoms with van der Waals surface area (Å²) >= 11 is 0. The molecule has 2 aliphatic carbocycles. The topological polar surface area (TPSA) is 76.7 Å². The molecule has 5 heteroatoms. The van der Waals surface area contributed by atoms with Crippen LogP contribution in [0.15, 0.2) is 27.4 Å². The van der Waals surface area contributed by atoms with Gasteiger partial charge in [0.1, 0.15) is 17.9 Å². The van der Waals surface area contributed by atoms with E-state index in [0.717, 1.165) is 17.9 Å². The van der Waals surface area contributed by atoms with Crippen LogP contribution in [-0.4, -0.2) is 11.1 Å². The van der Waals surface area contributed by atoms with Gasteiger partial charge in [-0.3, -0.25) is 4.79 Å². The summed E-state index contributed by atoms with van der Waals surface area (Å²) in [7, 11) is 0. The minimum Gasteiger partial charge on any atom is -0.508 e. The third-order valence-corrected chi connectivity index (χ3v) is 6.11. The number of aryl methyl sites for hydroxylation is 1. The fourth-order valence-electron chi connectivity index (χ4n) is 4.77. The van der Waals surface area contributed by atoms with Crippen molar-refractivity contribution in [2.75, 3.05) is 0 Å². The van der Waals surface area contributed by atoms with Crippen LogP contribution in [0.2, 0.25) is 0 Å². The number of esters is 1. The number of hydrogen-bond donors (Lipinski definition) is 1. The number of phenolic OH excluding ortho intramolecular Hbond substituents is 1. The maximum Gasteiger partial charge on any atom is 0.336 e. The Morgan fingerprint density at radius 3 is 2.77 bits per heavy atom. The van der Waals surface area contributed by atoms with Crippen molar-refractivity contribution in [3.05, 3.63) is 39.7 Å². The molecular weight excluding hydrogens is 332 g/mol. The van der Waals surface area contributed by atoms with Gasteiger partial charge in [0, 0.05) is 29.5 Å². The fourth-order valence-corrected chi connectivity index (χ4v) is 4.77. The second-order valence-electron chi connectivity index (χ2n) is 7.72. The van der Waals surface area contributed by atoms with Gasteiger partial charge in [-0.15, -0.1) is 0 Å². The zero-order chi connectivity index (χ0) is 18.3. The lowest BCUT2D eigenvalue weighted by molar-refractivity contribution is -0.146. The molecule has 0 unspecified atom stereocenters. The summed E-state index contributed by atoms with van der Waals surface area (Å²) in [5.41, 5.74) is 1.18. The van der Waals surface area contributed by atoms with Crippen LogP contribution < -0.4 is 5.63 Å². The Bertz CT molecular complexity index is 897. The predicted molar refractivity (Wildman–Crippen MR) is 96.9 cm³/mol. The van der Waals surface area contributed by atoms with E-state index in [1.165, 1.54) is 31.4 Å². The first-order chi connectivity index (χ1) is 12.5. The number of fused-ring (bicyclic) bond motifs is 3. The standard InChI is InChI=1S/C21H24O5/c1-2-13-7-17-16(9-21(24)26-19(17)10-18(13)22)11-25-20(23)8-15-6-12-3-4-14(15)5-12/h7,9-10,12,14-15,22H,2-6,8,11H2,1H3/t12-,14-,15+/m1/s1. The maximum absolute atomic E-state index is 12.3. The van der Waals surface area contributed by atoms with Crippen LogP contribution in [0.3, 0.4) is 0 Å². The minimum atomic E-state index is -0.514. The summed E-state index contributed by atoms with van der Waals surface area (Å²) in [4.78, 5) is 24.1. The van der Waals surface area contributed by atoms with Crippen molar-refractivity contribution in [2.24, 2.45) is 17.8 Å². The Kier molecular flexibility index (Phi) is 4.47. The third kappa shape index (κ3) is 3.22. The molecule has 1 aromatic carbocycles. The highest BCUT2D eigenvalue weighted by Gasteiger charge is 2.40. The summed E-state index contributed by atoms with van der Waals surface area (Å²) in [6, 6.07) is 4.62. The number of carbonyl (C=O) groups is 1. The minimum absolute atomic E-state index is 0.0513. The van der Waals surface area contributed by atoms with Crippen LogP contribution in [0, 0.1) is 17.8 Å². The van der Waals surface area contributed by atoms with Crippen molar-refractivity contribution >= 4 is 16.9 Å². The molecule has 138 valence electrons. The highest BCUT2D eigenvalue weighted by Crippen LogP contribution is 2.49. The third-order valence-electron chi connectivity index (χ3n) is 6.11. The molecule has 26 heavy (non-hydrogen) atoms. The Hall–Kier alpha value is -2.30.